The fourth-order valence-corrected chi connectivity index (χ4v) is 4.97. The molecule has 5 N–H and O–H groups in total. The first-order valence-electron chi connectivity index (χ1n) is 10.4. The van der Waals surface area contributed by atoms with E-state index < -0.39 is 17.4 Å². The minimum atomic E-state index is -1.29. The highest BCUT2D eigenvalue weighted by molar-refractivity contribution is 6.31. The molecule has 0 radical (unpaired) electrons. The van der Waals surface area contributed by atoms with Crippen LogP contribution in [0.4, 0.5) is 11.4 Å². The highest BCUT2D eigenvalue weighted by Crippen LogP contribution is 2.49. The normalized spacial score (nSPS) is 23.7. The SMILES string of the molecule is COc1ccc(NC(=O)[C@H]2C[C@H](CCC(N)=O)N[C@@]23C(=O)Nc2c(C)cc(Cl)cc23)cc1. The molecule has 0 aromatic heterocycles. The minimum absolute atomic E-state index is 0.156. The number of methoxy groups -OCH3 is 1. The number of aryl methyl sites for hydroxylation is 1. The molecule has 168 valence electrons. The second-order valence-electron chi connectivity index (χ2n) is 8.26. The summed E-state index contributed by atoms with van der Waals surface area (Å²) in [4.78, 5) is 38.1. The van der Waals surface area contributed by atoms with Gasteiger partial charge in [-0.25, -0.2) is 0 Å². The summed E-state index contributed by atoms with van der Waals surface area (Å²) in [5, 5.41) is 9.68. The predicted molar refractivity (Wildman–Crippen MR) is 122 cm³/mol. The number of nitrogens with one attached hydrogen (secondary N) is 3. The molecule has 3 atom stereocenters. The molecule has 1 spiro atoms. The van der Waals surface area contributed by atoms with Crippen LogP contribution < -0.4 is 26.4 Å². The number of hydrogen-bond donors (Lipinski definition) is 4. The average Bonchev–Trinajstić information content (AvgIpc) is 3.27. The molecule has 0 unspecified atom stereocenters. The summed E-state index contributed by atoms with van der Waals surface area (Å²) >= 11 is 6.32. The maximum Gasteiger partial charge on any atom is 0.250 e. The van der Waals surface area contributed by atoms with Crippen LogP contribution >= 0.6 is 11.6 Å². The van der Waals surface area contributed by atoms with Crippen LogP contribution in [0.3, 0.4) is 0 Å². The van der Waals surface area contributed by atoms with Crippen molar-refractivity contribution in [3.05, 3.63) is 52.5 Å². The third-order valence-electron chi connectivity index (χ3n) is 6.21. The summed E-state index contributed by atoms with van der Waals surface area (Å²) in [5.74, 6) is -1.09. The first-order chi connectivity index (χ1) is 15.2. The van der Waals surface area contributed by atoms with Crippen molar-refractivity contribution < 1.29 is 19.1 Å². The number of benzene rings is 2. The molecule has 32 heavy (non-hydrogen) atoms. The Kier molecular flexibility index (Phi) is 5.83. The molecule has 0 saturated carbocycles. The largest absolute Gasteiger partial charge is 0.497 e. The van der Waals surface area contributed by atoms with Crippen molar-refractivity contribution in [2.24, 2.45) is 11.7 Å². The van der Waals surface area contributed by atoms with Gasteiger partial charge in [-0.05, 0) is 61.7 Å². The molecule has 2 aliphatic rings. The molecule has 2 aromatic rings. The van der Waals surface area contributed by atoms with Crippen LogP contribution in [-0.2, 0) is 19.9 Å². The third kappa shape index (κ3) is 3.80. The van der Waals surface area contributed by atoms with Gasteiger partial charge in [0.2, 0.25) is 17.7 Å². The number of halogens is 1. The maximum atomic E-state index is 13.5. The zero-order valence-corrected chi connectivity index (χ0v) is 18.6. The standard InChI is InChI=1S/C23H25ClN4O4/c1-12-9-13(24)10-17-20(12)27-22(31)23(17)18(11-15(28-23)5-8-19(25)29)21(30)26-14-3-6-16(32-2)7-4-14/h3-4,6-7,9-10,15,18,28H,5,8,11H2,1-2H3,(H2,25,29)(H,26,30)(H,27,31)/t15-,18+,23+/m0/s1. The quantitative estimate of drug-likeness (QED) is 0.532. The van der Waals surface area contributed by atoms with Crippen molar-refractivity contribution in [1.29, 1.82) is 0 Å². The molecule has 3 amide bonds. The number of ether oxygens (including phenoxy) is 1. The molecule has 0 bridgehead atoms. The van der Waals surface area contributed by atoms with E-state index in [-0.39, 0.29) is 24.3 Å². The zero-order chi connectivity index (χ0) is 23.0. The second-order valence-corrected chi connectivity index (χ2v) is 8.70. The number of nitrogens with two attached hydrogens (primary N) is 1. The molecule has 9 heteroatoms. The highest BCUT2D eigenvalue weighted by Gasteiger charge is 2.60. The van der Waals surface area contributed by atoms with Crippen LogP contribution in [-0.4, -0.2) is 30.9 Å². The monoisotopic (exact) mass is 456 g/mol. The number of primary amides is 1. The average molecular weight is 457 g/mol. The molecule has 1 saturated heterocycles. The lowest BCUT2D eigenvalue weighted by atomic mass is 9.79. The summed E-state index contributed by atoms with van der Waals surface area (Å²) in [5.41, 5.74) is 6.74. The summed E-state index contributed by atoms with van der Waals surface area (Å²) in [7, 11) is 1.57. The van der Waals surface area contributed by atoms with Gasteiger partial charge in [-0.2, -0.15) is 0 Å². The van der Waals surface area contributed by atoms with E-state index in [0.29, 0.717) is 40.6 Å². The van der Waals surface area contributed by atoms with Gasteiger partial charge in [0.05, 0.1) is 13.0 Å². The smallest absolute Gasteiger partial charge is 0.250 e. The van der Waals surface area contributed by atoms with Crippen LogP contribution in [0.1, 0.15) is 30.4 Å². The van der Waals surface area contributed by atoms with Gasteiger partial charge in [-0.1, -0.05) is 11.6 Å². The van der Waals surface area contributed by atoms with E-state index in [1.165, 1.54) is 0 Å². The van der Waals surface area contributed by atoms with E-state index in [2.05, 4.69) is 16.0 Å². The van der Waals surface area contributed by atoms with Crippen LogP contribution in [0.5, 0.6) is 5.75 Å². The van der Waals surface area contributed by atoms with Crippen molar-refractivity contribution in [3.63, 3.8) is 0 Å². The molecular formula is C23H25ClN4O4. The van der Waals surface area contributed by atoms with Crippen molar-refractivity contribution in [2.75, 3.05) is 17.7 Å². The Hall–Kier alpha value is -3.10. The van der Waals surface area contributed by atoms with Crippen LogP contribution in [0.2, 0.25) is 5.02 Å². The number of fused-ring (bicyclic) bond motifs is 2. The van der Waals surface area contributed by atoms with Gasteiger partial charge in [0.15, 0.2) is 0 Å². The molecule has 2 heterocycles. The Balaban J connectivity index is 1.71. The fourth-order valence-electron chi connectivity index (χ4n) is 4.70. The number of carbonyl (C=O) groups excluding carboxylic acids is 3. The van der Waals surface area contributed by atoms with Gasteiger partial charge >= 0.3 is 0 Å². The van der Waals surface area contributed by atoms with Gasteiger partial charge in [0.25, 0.3) is 0 Å². The number of anilines is 2. The van der Waals surface area contributed by atoms with Gasteiger partial charge in [-0.3, -0.25) is 19.7 Å². The summed E-state index contributed by atoms with van der Waals surface area (Å²) < 4.78 is 5.16. The van der Waals surface area contributed by atoms with Crippen molar-refractivity contribution in [3.8, 4) is 5.75 Å². The van der Waals surface area contributed by atoms with Crippen molar-refractivity contribution in [2.45, 2.75) is 37.8 Å². The lowest BCUT2D eigenvalue weighted by Gasteiger charge is -2.29. The van der Waals surface area contributed by atoms with E-state index in [9.17, 15) is 14.4 Å². The topological polar surface area (TPSA) is 123 Å². The molecule has 2 aliphatic heterocycles. The highest BCUT2D eigenvalue weighted by atomic mass is 35.5. The molecule has 1 fully saturated rings. The van der Waals surface area contributed by atoms with Crippen LogP contribution in [0.25, 0.3) is 0 Å². The molecule has 2 aromatic carbocycles. The Morgan fingerprint density at radius 3 is 2.66 bits per heavy atom. The first kappa shape index (κ1) is 22.1. The summed E-state index contributed by atoms with van der Waals surface area (Å²) in [6, 6.07) is 10.2. The Morgan fingerprint density at radius 2 is 2.00 bits per heavy atom. The second kappa shape index (κ2) is 8.44. The lowest BCUT2D eigenvalue weighted by Crippen LogP contribution is -2.52. The number of hydrogen-bond acceptors (Lipinski definition) is 5. The first-order valence-corrected chi connectivity index (χ1v) is 10.8. The minimum Gasteiger partial charge on any atom is -0.497 e. The zero-order valence-electron chi connectivity index (χ0n) is 17.8. The molecule has 8 nitrogen and oxygen atoms in total. The number of rotatable bonds is 6. The lowest BCUT2D eigenvalue weighted by molar-refractivity contribution is -0.130. The molecule has 0 aliphatic carbocycles. The number of amides is 3. The molecule has 4 rings (SSSR count). The maximum absolute atomic E-state index is 13.5. The summed E-state index contributed by atoms with van der Waals surface area (Å²) in [6.07, 6.45) is 0.947. The fraction of sp³-hybridized carbons (Fsp3) is 0.348. The van der Waals surface area contributed by atoms with E-state index in [1.807, 2.05) is 6.92 Å². The van der Waals surface area contributed by atoms with E-state index in [0.717, 1.165) is 5.56 Å². The van der Waals surface area contributed by atoms with Gasteiger partial charge in [0, 0.05) is 34.4 Å². The van der Waals surface area contributed by atoms with Crippen molar-refractivity contribution in [1.82, 2.24) is 5.32 Å². The van der Waals surface area contributed by atoms with Gasteiger partial charge in [0.1, 0.15) is 11.3 Å². The van der Waals surface area contributed by atoms with E-state index in [4.69, 9.17) is 22.1 Å². The summed E-state index contributed by atoms with van der Waals surface area (Å²) in [6.45, 7) is 1.86. The molecular weight excluding hydrogens is 432 g/mol. The van der Waals surface area contributed by atoms with Crippen molar-refractivity contribution >= 4 is 40.7 Å². The number of carbonyl (C=O) groups is 3. The van der Waals surface area contributed by atoms with Crippen LogP contribution in [0, 0.1) is 12.8 Å². The van der Waals surface area contributed by atoms with Crippen LogP contribution in [0.15, 0.2) is 36.4 Å². The van der Waals surface area contributed by atoms with Gasteiger partial charge in [-0.15, -0.1) is 0 Å². The Morgan fingerprint density at radius 1 is 1.28 bits per heavy atom. The Labute approximate surface area is 190 Å². The predicted octanol–water partition coefficient (Wildman–Crippen LogP) is 2.69. The Bertz CT molecular complexity index is 1090. The third-order valence-corrected chi connectivity index (χ3v) is 6.43. The van der Waals surface area contributed by atoms with E-state index >= 15 is 0 Å². The van der Waals surface area contributed by atoms with Gasteiger partial charge < -0.3 is 21.1 Å². The van der Waals surface area contributed by atoms with E-state index in [1.54, 1.807) is 43.5 Å².